The number of nitrogens with one attached hydrogen (secondary N) is 1. The first-order chi connectivity index (χ1) is 9.15. The van der Waals surface area contributed by atoms with Gasteiger partial charge in [-0.05, 0) is 49.6 Å². The van der Waals surface area contributed by atoms with Gasteiger partial charge in [-0.2, -0.15) is 0 Å². The monoisotopic (exact) mass is 251 g/mol. The third-order valence-electron chi connectivity index (χ3n) is 3.48. The van der Waals surface area contributed by atoms with Gasteiger partial charge < -0.3 is 5.32 Å². The summed E-state index contributed by atoms with van der Waals surface area (Å²) in [4.78, 5) is 0. The van der Waals surface area contributed by atoms with Crippen LogP contribution in [-0.4, -0.2) is 6.54 Å². The van der Waals surface area contributed by atoms with Gasteiger partial charge in [-0.1, -0.05) is 42.5 Å². The Bertz CT molecular complexity index is 586. The lowest BCUT2D eigenvalue weighted by Gasteiger charge is -2.18. The second-order valence-corrected chi connectivity index (χ2v) is 4.86. The number of benzene rings is 1. The van der Waals surface area contributed by atoms with E-state index in [1.54, 1.807) is 0 Å². The maximum atomic E-state index is 3.88. The van der Waals surface area contributed by atoms with Crippen LogP contribution in [0.3, 0.4) is 0 Å². The molecule has 1 heteroatoms. The van der Waals surface area contributed by atoms with Crippen molar-refractivity contribution in [3.63, 3.8) is 0 Å². The van der Waals surface area contributed by atoms with Crippen LogP contribution >= 0.6 is 0 Å². The Morgan fingerprint density at radius 1 is 1.32 bits per heavy atom. The van der Waals surface area contributed by atoms with E-state index in [9.17, 15) is 0 Å². The highest BCUT2D eigenvalue weighted by Gasteiger charge is 2.09. The molecule has 0 aliphatic carbocycles. The van der Waals surface area contributed by atoms with Gasteiger partial charge in [0.1, 0.15) is 0 Å². The third kappa shape index (κ3) is 2.87. The topological polar surface area (TPSA) is 12.0 Å². The molecule has 0 amide bonds. The molecule has 0 saturated heterocycles. The van der Waals surface area contributed by atoms with Crippen molar-refractivity contribution in [2.45, 2.75) is 20.8 Å². The van der Waals surface area contributed by atoms with Gasteiger partial charge >= 0.3 is 0 Å². The average Bonchev–Trinajstić information content (AvgIpc) is 2.42. The summed E-state index contributed by atoms with van der Waals surface area (Å²) in [7, 11) is 0. The van der Waals surface area contributed by atoms with Crippen molar-refractivity contribution in [3.05, 3.63) is 71.3 Å². The second-order valence-electron chi connectivity index (χ2n) is 4.86. The zero-order chi connectivity index (χ0) is 13.8. The van der Waals surface area contributed by atoms with E-state index in [1.165, 1.54) is 33.5 Å². The molecular weight excluding hydrogens is 230 g/mol. The molecule has 19 heavy (non-hydrogen) atoms. The molecule has 1 heterocycles. The Hall–Kier alpha value is -2.02. The lowest BCUT2D eigenvalue weighted by molar-refractivity contribution is 0.978. The van der Waals surface area contributed by atoms with Gasteiger partial charge in [-0.25, -0.2) is 0 Å². The van der Waals surface area contributed by atoms with Crippen molar-refractivity contribution in [1.82, 2.24) is 5.32 Å². The molecule has 1 aliphatic heterocycles. The molecule has 1 aromatic rings. The summed E-state index contributed by atoms with van der Waals surface area (Å²) >= 11 is 0. The van der Waals surface area contributed by atoms with Crippen molar-refractivity contribution in [2.24, 2.45) is 0 Å². The maximum absolute atomic E-state index is 3.88. The number of aryl methyl sites for hydroxylation is 1. The molecule has 0 unspecified atom stereocenters. The van der Waals surface area contributed by atoms with Crippen LogP contribution in [-0.2, 0) is 0 Å². The molecule has 0 fully saturated rings. The quantitative estimate of drug-likeness (QED) is 0.781. The summed E-state index contributed by atoms with van der Waals surface area (Å²) in [5.74, 6) is 0. The summed E-state index contributed by atoms with van der Waals surface area (Å²) in [6.07, 6.45) is 8.40. The van der Waals surface area contributed by atoms with Crippen molar-refractivity contribution in [2.75, 3.05) is 6.54 Å². The van der Waals surface area contributed by atoms with Gasteiger partial charge in [-0.15, -0.1) is 0 Å². The number of rotatable bonds is 3. The summed E-state index contributed by atoms with van der Waals surface area (Å²) < 4.78 is 0. The predicted molar refractivity (Wildman–Crippen MR) is 84.8 cm³/mol. The number of hydrogen-bond acceptors (Lipinski definition) is 1. The fraction of sp³-hybridized carbons (Fsp3) is 0.222. The van der Waals surface area contributed by atoms with E-state index in [4.69, 9.17) is 0 Å². The summed E-state index contributed by atoms with van der Waals surface area (Å²) in [6.45, 7) is 11.1. The third-order valence-corrected chi connectivity index (χ3v) is 3.48. The normalized spacial score (nSPS) is 15.4. The summed E-state index contributed by atoms with van der Waals surface area (Å²) in [5.41, 5.74) is 7.47. The van der Waals surface area contributed by atoms with Crippen LogP contribution in [0.15, 0.2) is 54.7 Å². The largest absolute Gasteiger partial charge is 0.381 e. The van der Waals surface area contributed by atoms with Crippen LogP contribution in [0.2, 0.25) is 0 Å². The highest BCUT2D eigenvalue weighted by atomic mass is 14.9. The van der Waals surface area contributed by atoms with E-state index in [0.717, 1.165) is 6.54 Å². The van der Waals surface area contributed by atoms with Gasteiger partial charge in [0, 0.05) is 17.8 Å². The summed E-state index contributed by atoms with van der Waals surface area (Å²) in [6, 6.07) is 6.57. The Morgan fingerprint density at radius 2 is 2.11 bits per heavy atom. The Balaban J connectivity index is 2.49. The first kappa shape index (κ1) is 13.4. The lowest BCUT2D eigenvalue weighted by Crippen LogP contribution is -2.16. The van der Waals surface area contributed by atoms with Gasteiger partial charge in [0.05, 0.1) is 0 Å². The standard InChI is InChI=1S/C18H21N/c1-5-15(6-2)16-8-7-14(4)17(12-16)18-11-13(3)9-10-19-18/h5-9,11-12,19H,1,10H2,2-4H3/b15-6+. The molecule has 0 atom stereocenters. The molecule has 0 saturated carbocycles. The van der Waals surface area contributed by atoms with E-state index in [1.807, 2.05) is 13.0 Å². The molecule has 0 aromatic heterocycles. The van der Waals surface area contributed by atoms with Crippen LogP contribution in [0.4, 0.5) is 0 Å². The van der Waals surface area contributed by atoms with Crippen molar-refractivity contribution in [1.29, 1.82) is 0 Å². The molecule has 1 nitrogen and oxygen atoms in total. The Labute approximate surface area is 116 Å². The zero-order valence-corrected chi connectivity index (χ0v) is 12.0. The van der Waals surface area contributed by atoms with Gasteiger partial charge in [-0.3, -0.25) is 0 Å². The fourth-order valence-electron chi connectivity index (χ4n) is 2.33. The molecule has 1 aromatic carbocycles. The van der Waals surface area contributed by atoms with Crippen molar-refractivity contribution in [3.8, 4) is 0 Å². The number of dihydropyridines is 1. The van der Waals surface area contributed by atoms with Crippen LogP contribution in [0.1, 0.15) is 30.5 Å². The van der Waals surface area contributed by atoms with Crippen molar-refractivity contribution < 1.29 is 0 Å². The van der Waals surface area contributed by atoms with E-state index < -0.39 is 0 Å². The van der Waals surface area contributed by atoms with Gasteiger partial charge in [0.15, 0.2) is 0 Å². The molecule has 0 bridgehead atoms. The second kappa shape index (κ2) is 5.75. The highest BCUT2D eigenvalue weighted by molar-refractivity contribution is 5.78. The van der Waals surface area contributed by atoms with E-state index >= 15 is 0 Å². The Kier molecular flexibility index (Phi) is 4.06. The minimum atomic E-state index is 0.902. The molecule has 1 aliphatic rings. The van der Waals surface area contributed by atoms with Crippen LogP contribution < -0.4 is 5.32 Å². The zero-order valence-electron chi connectivity index (χ0n) is 12.0. The van der Waals surface area contributed by atoms with Crippen molar-refractivity contribution >= 4 is 11.3 Å². The predicted octanol–water partition coefficient (Wildman–Crippen LogP) is 4.47. The first-order valence-electron chi connectivity index (χ1n) is 6.68. The minimum Gasteiger partial charge on any atom is -0.381 e. The molecule has 0 radical (unpaired) electrons. The van der Waals surface area contributed by atoms with Gasteiger partial charge in [0.25, 0.3) is 0 Å². The van der Waals surface area contributed by atoms with E-state index in [0.29, 0.717) is 0 Å². The van der Waals surface area contributed by atoms with Gasteiger partial charge in [0.2, 0.25) is 0 Å². The molecule has 2 rings (SSSR count). The maximum Gasteiger partial charge on any atom is 0.0421 e. The number of hydrogen-bond donors (Lipinski definition) is 1. The smallest absolute Gasteiger partial charge is 0.0421 e. The fourth-order valence-corrected chi connectivity index (χ4v) is 2.33. The Morgan fingerprint density at radius 3 is 2.74 bits per heavy atom. The van der Waals surface area contributed by atoms with Crippen LogP contribution in [0.25, 0.3) is 11.3 Å². The minimum absolute atomic E-state index is 0.902. The molecule has 1 N–H and O–H groups in total. The average molecular weight is 251 g/mol. The first-order valence-corrected chi connectivity index (χ1v) is 6.68. The van der Waals surface area contributed by atoms with E-state index in [-0.39, 0.29) is 0 Å². The molecule has 98 valence electrons. The highest BCUT2D eigenvalue weighted by Crippen LogP contribution is 2.25. The lowest BCUT2D eigenvalue weighted by atomic mass is 9.96. The molecule has 0 spiro atoms. The SMILES string of the molecule is C=C/C(=C\C)c1ccc(C)c(C2=CC(C)=CCN2)c1. The number of allylic oxidation sites excluding steroid dienone is 5. The molecular formula is C18H21N. The van der Waals surface area contributed by atoms with Crippen LogP contribution in [0.5, 0.6) is 0 Å². The van der Waals surface area contributed by atoms with Crippen LogP contribution in [0, 0.1) is 6.92 Å². The van der Waals surface area contributed by atoms with E-state index in [2.05, 4.69) is 62.2 Å². The summed E-state index contributed by atoms with van der Waals surface area (Å²) in [5, 5.41) is 3.45.